The summed E-state index contributed by atoms with van der Waals surface area (Å²) in [6.45, 7) is 7.49. The van der Waals surface area contributed by atoms with Crippen LogP contribution in [0.3, 0.4) is 0 Å². The van der Waals surface area contributed by atoms with Crippen molar-refractivity contribution in [2.45, 2.75) is 38.3 Å². The highest BCUT2D eigenvalue weighted by Crippen LogP contribution is 2.36. The monoisotopic (exact) mass is 422 g/mol. The lowest BCUT2D eigenvalue weighted by Gasteiger charge is -2.43. The van der Waals surface area contributed by atoms with E-state index in [1.807, 2.05) is 29.7 Å². The Hall–Kier alpha value is -1.98. The Morgan fingerprint density at radius 2 is 1.52 bits per heavy atom. The average molecular weight is 423 g/mol. The number of thiophene rings is 1. The van der Waals surface area contributed by atoms with Crippen LogP contribution >= 0.6 is 11.3 Å². The van der Waals surface area contributed by atoms with E-state index in [2.05, 4.69) is 81.4 Å². The van der Waals surface area contributed by atoms with Crippen molar-refractivity contribution in [1.29, 1.82) is 0 Å². The van der Waals surface area contributed by atoms with Crippen LogP contribution in [-0.4, -0.2) is 20.0 Å². The van der Waals surface area contributed by atoms with E-state index < -0.39 is 14.4 Å². The van der Waals surface area contributed by atoms with Crippen LogP contribution < -0.4 is 10.4 Å². The Balaban J connectivity index is 1.82. The molecule has 1 aromatic heterocycles. The quantitative estimate of drug-likeness (QED) is 0.303. The number of aliphatic hydroxyl groups excluding tert-OH is 1. The zero-order valence-electron chi connectivity index (χ0n) is 17.4. The second-order valence-corrected chi connectivity index (χ2v) is 13.5. The molecule has 3 aromatic rings. The molecule has 0 fully saturated rings. The molecule has 0 aliphatic rings. The third-order valence-electron chi connectivity index (χ3n) is 5.17. The molecule has 0 spiro atoms. The normalized spacial score (nSPS) is 13.7. The highest BCUT2D eigenvalue weighted by Gasteiger charge is 2.49. The zero-order chi connectivity index (χ0) is 20.7. The topological polar surface area (TPSA) is 29.5 Å². The largest absolute Gasteiger partial charge is 0.407 e. The fourth-order valence-corrected chi connectivity index (χ4v) is 9.09. The first-order chi connectivity index (χ1) is 13.9. The van der Waals surface area contributed by atoms with Crippen LogP contribution in [0.25, 0.3) is 0 Å². The maximum Gasteiger partial charge on any atom is 0.261 e. The third-order valence-corrected chi connectivity index (χ3v) is 11.2. The smallest absolute Gasteiger partial charge is 0.261 e. The summed E-state index contributed by atoms with van der Waals surface area (Å²) in [7, 11) is -2.47. The summed E-state index contributed by atoms with van der Waals surface area (Å²) < 4.78 is 6.85. The maximum absolute atomic E-state index is 10.2. The molecule has 4 heteroatoms. The Labute approximate surface area is 179 Å². The summed E-state index contributed by atoms with van der Waals surface area (Å²) in [5.74, 6) is 0. The highest BCUT2D eigenvalue weighted by atomic mass is 32.1. The van der Waals surface area contributed by atoms with E-state index in [9.17, 15) is 5.11 Å². The number of rotatable bonds is 8. The molecule has 1 atom stereocenters. The molecule has 0 amide bonds. The first-order valence-corrected chi connectivity index (χ1v) is 12.9. The van der Waals surface area contributed by atoms with Crippen LogP contribution in [0.4, 0.5) is 0 Å². The molecule has 0 aliphatic heterocycles. The molecule has 29 heavy (non-hydrogen) atoms. The lowest BCUT2D eigenvalue weighted by atomic mass is 10.2. The Morgan fingerprint density at radius 3 is 2.00 bits per heavy atom. The molecule has 3 rings (SSSR count). The molecule has 0 saturated heterocycles. The number of hydrogen-bond acceptors (Lipinski definition) is 3. The van der Waals surface area contributed by atoms with Gasteiger partial charge in [-0.3, -0.25) is 0 Å². The van der Waals surface area contributed by atoms with Gasteiger partial charge in [0.25, 0.3) is 8.32 Å². The predicted molar refractivity (Wildman–Crippen MR) is 127 cm³/mol. The number of aliphatic hydroxyl groups is 1. The van der Waals surface area contributed by atoms with Gasteiger partial charge in [-0.05, 0) is 33.3 Å². The van der Waals surface area contributed by atoms with Crippen LogP contribution in [0.15, 0.2) is 90.3 Å². The molecule has 1 N–H and O–H groups in total. The molecule has 0 radical (unpaired) electrons. The summed E-state index contributed by atoms with van der Waals surface area (Å²) in [6.07, 6.45) is 4.12. The fraction of sp³-hybridized carbons (Fsp3) is 0.280. The molecule has 152 valence electrons. The van der Waals surface area contributed by atoms with Crippen LogP contribution in [0.1, 0.15) is 38.2 Å². The minimum Gasteiger partial charge on any atom is -0.407 e. The van der Waals surface area contributed by atoms with Crippen LogP contribution in [0.5, 0.6) is 0 Å². The van der Waals surface area contributed by atoms with E-state index in [0.717, 1.165) is 11.3 Å². The van der Waals surface area contributed by atoms with Gasteiger partial charge in [0.1, 0.15) is 6.10 Å². The SMILES string of the molecule is CC(C)(C)[Si](OCC/C=C\C(O)c1cccs1)(c1ccccc1)c1ccccc1. The first kappa shape index (κ1) is 21.7. The van der Waals surface area contributed by atoms with Gasteiger partial charge in [-0.25, -0.2) is 0 Å². The summed E-state index contributed by atoms with van der Waals surface area (Å²) in [5.41, 5.74) is 0. The molecular formula is C25H30O2SSi. The van der Waals surface area contributed by atoms with Gasteiger partial charge in [0, 0.05) is 11.5 Å². The van der Waals surface area contributed by atoms with Crippen molar-refractivity contribution in [3.63, 3.8) is 0 Å². The van der Waals surface area contributed by atoms with Gasteiger partial charge in [-0.1, -0.05) is 99.7 Å². The van der Waals surface area contributed by atoms with Crippen molar-refractivity contribution in [2.24, 2.45) is 0 Å². The summed E-state index contributed by atoms with van der Waals surface area (Å²) in [5, 5.41) is 14.8. The van der Waals surface area contributed by atoms with E-state index in [1.165, 1.54) is 10.4 Å². The maximum atomic E-state index is 10.2. The minimum atomic E-state index is -2.47. The number of hydrogen-bond donors (Lipinski definition) is 1. The van der Waals surface area contributed by atoms with Gasteiger partial charge < -0.3 is 9.53 Å². The molecule has 0 saturated carbocycles. The second kappa shape index (κ2) is 9.68. The molecule has 0 aliphatic carbocycles. The molecule has 2 aromatic carbocycles. The lowest BCUT2D eigenvalue weighted by Crippen LogP contribution is -2.66. The highest BCUT2D eigenvalue weighted by molar-refractivity contribution is 7.10. The zero-order valence-corrected chi connectivity index (χ0v) is 19.2. The van der Waals surface area contributed by atoms with Gasteiger partial charge in [-0.2, -0.15) is 0 Å². The molecule has 0 bridgehead atoms. The predicted octanol–water partition coefficient (Wildman–Crippen LogP) is 5.30. The van der Waals surface area contributed by atoms with Crippen molar-refractivity contribution in [1.82, 2.24) is 0 Å². The average Bonchev–Trinajstić information content (AvgIpc) is 3.26. The second-order valence-electron chi connectivity index (χ2n) is 8.19. The fourth-order valence-electron chi connectivity index (χ4n) is 3.82. The molecular weight excluding hydrogens is 392 g/mol. The Bertz CT molecular complexity index is 844. The standard InChI is InChI=1S/C25H30O2SSi/c1-25(2,3)29(21-13-6-4-7-14-21,22-15-8-5-9-16-22)27-19-11-10-17-23(26)24-18-12-20-28-24/h4-10,12-18,20,23,26H,11,19H2,1-3H3/b17-10-. The Morgan fingerprint density at radius 1 is 0.931 bits per heavy atom. The van der Waals surface area contributed by atoms with E-state index in [0.29, 0.717) is 6.61 Å². The van der Waals surface area contributed by atoms with Crippen LogP contribution in [0.2, 0.25) is 5.04 Å². The van der Waals surface area contributed by atoms with Crippen molar-refractivity contribution in [3.05, 3.63) is 95.2 Å². The van der Waals surface area contributed by atoms with Crippen molar-refractivity contribution in [2.75, 3.05) is 6.61 Å². The first-order valence-electron chi connectivity index (χ1n) is 10.1. The van der Waals surface area contributed by atoms with Crippen molar-refractivity contribution < 1.29 is 9.53 Å². The van der Waals surface area contributed by atoms with Crippen LogP contribution in [0, 0.1) is 0 Å². The minimum absolute atomic E-state index is 0.0180. The van der Waals surface area contributed by atoms with Crippen molar-refractivity contribution in [3.8, 4) is 0 Å². The van der Waals surface area contributed by atoms with E-state index in [1.54, 1.807) is 11.3 Å². The summed E-state index contributed by atoms with van der Waals surface area (Å²) in [4.78, 5) is 0.967. The molecule has 2 nitrogen and oxygen atoms in total. The molecule has 1 unspecified atom stereocenters. The summed E-state index contributed by atoms with van der Waals surface area (Å²) >= 11 is 1.57. The van der Waals surface area contributed by atoms with Gasteiger partial charge in [-0.15, -0.1) is 11.3 Å². The number of benzene rings is 2. The lowest BCUT2D eigenvalue weighted by molar-refractivity contribution is 0.231. The van der Waals surface area contributed by atoms with E-state index in [4.69, 9.17) is 4.43 Å². The summed E-state index contributed by atoms with van der Waals surface area (Å²) in [6, 6.07) is 25.3. The van der Waals surface area contributed by atoms with E-state index >= 15 is 0 Å². The van der Waals surface area contributed by atoms with Gasteiger partial charge >= 0.3 is 0 Å². The van der Waals surface area contributed by atoms with Crippen LogP contribution in [-0.2, 0) is 4.43 Å². The van der Waals surface area contributed by atoms with Gasteiger partial charge in [0.05, 0.1) is 0 Å². The van der Waals surface area contributed by atoms with Gasteiger partial charge in [0.2, 0.25) is 0 Å². The molecule has 1 heterocycles. The van der Waals surface area contributed by atoms with E-state index in [-0.39, 0.29) is 5.04 Å². The Kier molecular flexibility index (Phi) is 7.25. The van der Waals surface area contributed by atoms with Crippen molar-refractivity contribution >= 4 is 30.0 Å². The van der Waals surface area contributed by atoms with Gasteiger partial charge in [0.15, 0.2) is 0 Å². The third kappa shape index (κ3) is 4.96.